The minimum atomic E-state index is -0.827. The molecular weight excluding hydrogens is 363 g/mol. The number of likely N-dealkylation sites (tertiary alicyclic amines) is 1. The van der Waals surface area contributed by atoms with Crippen molar-refractivity contribution in [1.82, 2.24) is 19.9 Å². The van der Waals surface area contributed by atoms with E-state index in [0.717, 1.165) is 18.4 Å². The summed E-state index contributed by atoms with van der Waals surface area (Å²) in [5.74, 6) is -1.36. The van der Waals surface area contributed by atoms with Gasteiger partial charge >= 0.3 is 5.97 Å². The average molecular weight is 386 g/mol. The molecule has 1 aliphatic heterocycles. The Hall–Kier alpha value is -2.77. The van der Waals surface area contributed by atoms with Crippen molar-refractivity contribution in [2.75, 3.05) is 6.54 Å². The van der Waals surface area contributed by atoms with E-state index in [0.29, 0.717) is 38.0 Å². The van der Waals surface area contributed by atoms with Crippen LogP contribution in [0.5, 0.6) is 0 Å². The van der Waals surface area contributed by atoms with Crippen molar-refractivity contribution in [3.05, 3.63) is 47.0 Å². The molecule has 148 valence electrons. The molecule has 28 heavy (non-hydrogen) atoms. The second-order valence-electron chi connectivity index (χ2n) is 7.78. The minimum absolute atomic E-state index is 0.252. The predicted octanol–water partition coefficient (Wildman–Crippen LogP) is 2.63. The van der Waals surface area contributed by atoms with Gasteiger partial charge in [-0.1, -0.05) is 30.2 Å². The molecule has 1 saturated carbocycles. The first-order valence-corrected chi connectivity index (χ1v) is 9.61. The maximum Gasteiger partial charge on any atom is 0.311 e. The summed E-state index contributed by atoms with van der Waals surface area (Å²) >= 11 is 0. The quantitative estimate of drug-likeness (QED) is 0.873. The SMILES string of the molecule is Cc1c(C(=O)N2CC[C@]3(C(=O)O)CCCC[C@H]23)nnn1Cc1ccc(F)cc1. The van der Waals surface area contributed by atoms with Gasteiger partial charge in [0.05, 0.1) is 17.7 Å². The number of carbonyl (C=O) groups is 2. The van der Waals surface area contributed by atoms with Crippen LogP contribution in [0.4, 0.5) is 4.39 Å². The van der Waals surface area contributed by atoms with Gasteiger partial charge in [-0.05, 0) is 43.9 Å². The van der Waals surface area contributed by atoms with Gasteiger partial charge in [0.25, 0.3) is 5.91 Å². The van der Waals surface area contributed by atoms with Gasteiger partial charge in [-0.2, -0.15) is 0 Å². The van der Waals surface area contributed by atoms with Gasteiger partial charge in [0, 0.05) is 12.6 Å². The average Bonchev–Trinajstić information content (AvgIpc) is 3.25. The van der Waals surface area contributed by atoms with Crippen LogP contribution in [0, 0.1) is 18.2 Å². The number of carboxylic acid groups (broad SMARTS) is 1. The van der Waals surface area contributed by atoms with Gasteiger partial charge in [0.15, 0.2) is 5.69 Å². The summed E-state index contributed by atoms with van der Waals surface area (Å²) < 4.78 is 14.7. The number of hydrogen-bond acceptors (Lipinski definition) is 4. The lowest BCUT2D eigenvalue weighted by molar-refractivity contribution is -0.152. The van der Waals surface area contributed by atoms with E-state index in [2.05, 4.69) is 10.3 Å². The van der Waals surface area contributed by atoms with E-state index in [1.54, 1.807) is 28.6 Å². The summed E-state index contributed by atoms with van der Waals surface area (Å²) in [6.45, 7) is 2.59. The highest BCUT2D eigenvalue weighted by atomic mass is 19.1. The number of aliphatic carboxylic acids is 1. The summed E-state index contributed by atoms with van der Waals surface area (Å²) in [5.41, 5.74) is 0.907. The summed E-state index contributed by atoms with van der Waals surface area (Å²) in [6.07, 6.45) is 3.63. The van der Waals surface area contributed by atoms with Gasteiger partial charge in [-0.15, -0.1) is 5.10 Å². The summed E-state index contributed by atoms with van der Waals surface area (Å²) in [7, 11) is 0. The van der Waals surface area contributed by atoms with Crippen molar-refractivity contribution < 1.29 is 19.1 Å². The van der Waals surface area contributed by atoms with Crippen LogP contribution in [0.1, 0.15) is 53.8 Å². The number of rotatable bonds is 4. The Balaban J connectivity index is 1.56. The van der Waals surface area contributed by atoms with E-state index in [1.807, 2.05) is 0 Å². The first-order chi connectivity index (χ1) is 13.4. The standard InChI is InChI=1S/C20H23FN4O3/c1-13-17(22-23-25(13)12-14-5-7-15(21)8-6-14)18(26)24-11-10-20(19(27)28)9-3-2-4-16(20)24/h5-8,16H,2-4,9-12H2,1H3,(H,27,28)/t16-,20+/m0/s1. The van der Waals surface area contributed by atoms with Gasteiger partial charge in [-0.25, -0.2) is 9.07 Å². The van der Waals surface area contributed by atoms with Gasteiger partial charge in [0.2, 0.25) is 0 Å². The zero-order valence-electron chi connectivity index (χ0n) is 15.8. The van der Waals surface area contributed by atoms with Crippen LogP contribution in [0.2, 0.25) is 0 Å². The number of halogens is 1. The van der Waals surface area contributed by atoms with E-state index in [1.165, 1.54) is 12.1 Å². The molecule has 1 saturated heterocycles. The molecule has 2 aliphatic rings. The first-order valence-electron chi connectivity index (χ1n) is 9.61. The monoisotopic (exact) mass is 386 g/mol. The van der Waals surface area contributed by atoms with Crippen LogP contribution in [0.25, 0.3) is 0 Å². The number of nitrogens with zero attached hydrogens (tertiary/aromatic N) is 4. The number of aromatic nitrogens is 3. The number of carbonyl (C=O) groups excluding carboxylic acids is 1. The summed E-state index contributed by atoms with van der Waals surface area (Å²) in [6, 6.07) is 5.82. The molecule has 2 aromatic rings. The molecule has 8 heteroatoms. The van der Waals surface area contributed by atoms with E-state index >= 15 is 0 Å². The fourth-order valence-corrected chi connectivity index (χ4v) is 4.65. The lowest BCUT2D eigenvalue weighted by Crippen LogP contribution is -2.48. The third-order valence-electron chi connectivity index (χ3n) is 6.28. The fraction of sp³-hybridized carbons (Fsp3) is 0.500. The number of fused-ring (bicyclic) bond motifs is 1. The lowest BCUT2D eigenvalue weighted by atomic mass is 9.70. The maximum absolute atomic E-state index is 13.2. The zero-order chi connectivity index (χ0) is 19.9. The molecule has 2 heterocycles. The predicted molar refractivity (Wildman–Crippen MR) is 98.2 cm³/mol. The van der Waals surface area contributed by atoms with E-state index in [4.69, 9.17) is 0 Å². The van der Waals surface area contributed by atoms with E-state index in [9.17, 15) is 19.1 Å². The molecule has 2 atom stereocenters. The Bertz CT molecular complexity index is 911. The highest BCUT2D eigenvalue weighted by Crippen LogP contribution is 2.47. The summed E-state index contributed by atoms with van der Waals surface area (Å²) in [4.78, 5) is 26.8. The largest absolute Gasteiger partial charge is 0.481 e. The number of carboxylic acids is 1. The van der Waals surface area contributed by atoms with Crippen LogP contribution in [-0.2, 0) is 11.3 Å². The van der Waals surface area contributed by atoms with Crippen LogP contribution in [0.15, 0.2) is 24.3 Å². The lowest BCUT2D eigenvalue weighted by Gasteiger charge is -2.38. The topological polar surface area (TPSA) is 88.3 Å². The molecule has 1 aromatic carbocycles. The molecular formula is C20H23FN4O3. The van der Waals surface area contributed by atoms with Crippen LogP contribution in [-0.4, -0.2) is 49.5 Å². The first kappa shape index (κ1) is 18.6. The number of amides is 1. The normalized spacial score (nSPS) is 24.2. The Morgan fingerprint density at radius 3 is 2.71 bits per heavy atom. The highest BCUT2D eigenvalue weighted by molar-refractivity contribution is 5.94. The van der Waals surface area contributed by atoms with Gasteiger partial charge in [-0.3, -0.25) is 9.59 Å². The van der Waals surface area contributed by atoms with Crippen LogP contribution in [0.3, 0.4) is 0 Å². The van der Waals surface area contributed by atoms with Crippen molar-refractivity contribution in [2.24, 2.45) is 5.41 Å². The van der Waals surface area contributed by atoms with Crippen molar-refractivity contribution in [3.63, 3.8) is 0 Å². The number of benzene rings is 1. The Morgan fingerprint density at radius 1 is 1.25 bits per heavy atom. The van der Waals surface area contributed by atoms with Crippen LogP contribution >= 0.6 is 0 Å². The molecule has 1 aromatic heterocycles. The summed E-state index contributed by atoms with van der Waals surface area (Å²) in [5, 5.41) is 18.0. The molecule has 1 amide bonds. The molecule has 0 unspecified atom stereocenters. The number of hydrogen-bond donors (Lipinski definition) is 1. The molecule has 4 rings (SSSR count). The zero-order valence-corrected chi connectivity index (χ0v) is 15.8. The second-order valence-corrected chi connectivity index (χ2v) is 7.78. The highest BCUT2D eigenvalue weighted by Gasteiger charge is 2.55. The smallest absolute Gasteiger partial charge is 0.311 e. The van der Waals surface area contributed by atoms with Gasteiger partial charge in [0.1, 0.15) is 5.82 Å². The van der Waals surface area contributed by atoms with Crippen molar-refractivity contribution in [3.8, 4) is 0 Å². The van der Waals surface area contributed by atoms with E-state index in [-0.39, 0.29) is 23.5 Å². The third-order valence-corrected chi connectivity index (χ3v) is 6.28. The Kier molecular flexibility index (Phi) is 4.64. The van der Waals surface area contributed by atoms with Crippen molar-refractivity contribution >= 4 is 11.9 Å². The molecule has 0 spiro atoms. The maximum atomic E-state index is 13.2. The molecule has 0 bridgehead atoms. The molecule has 7 nitrogen and oxygen atoms in total. The molecule has 1 aliphatic carbocycles. The molecule has 1 N–H and O–H groups in total. The van der Waals surface area contributed by atoms with Crippen molar-refractivity contribution in [2.45, 2.75) is 51.6 Å². The Morgan fingerprint density at radius 2 is 2.00 bits per heavy atom. The minimum Gasteiger partial charge on any atom is -0.481 e. The van der Waals surface area contributed by atoms with Crippen LogP contribution < -0.4 is 0 Å². The molecule has 0 radical (unpaired) electrons. The second kappa shape index (κ2) is 7.00. The molecule has 2 fully saturated rings. The third kappa shape index (κ3) is 2.96. The van der Waals surface area contributed by atoms with Crippen molar-refractivity contribution in [1.29, 1.82) is 0 Å². The van der Waals surface area contributed by atoms with E-state index < -0.39 is 11.4 Å². The Labute approximate surface area is 162 Å². The fourth-order valence-electron chi connectivity index (χ4n) is 4.65. The van der Waals surface area contributed by atoms with Gasteiger partial charge < -0.3 is 10.0 Å².